The smallest absolute Gasteiger partial charge is 0.326 e. The fourth-order valence-electron chi connectivity index (χ4n) is 3.86. The highest BCUT2D eigenvalue weighted by Gasteiger charge is 2.33. The third kappa shape index (κ3) is 3.91. The maximum atomic E-state index is 12.5. The molecule has 0 spiro atoms. The Morgan fingerprint density at radius 1 is 1.32 bits per heavy atom. The molecule has 5 heteroatoms. The van der Waals surface area contributed by atoms with E-state index in [1.165, 1.54) is 17.2 Å². The second kappa shape index (κ2) is 7.38. The largest absolute Gasteiger partial charge is 0.461 e. The topological polar surface area (TPSA) is 61.2 Å². The first kappa shape index (κ1) is 17.6. The number of ether oxygens (including phenoxy) is 1. The fourth-order valence-corrected chi connectivity index (χ4v) is 3.86. The molecule has 0 N–H and O–H groups in total. The summed E-state index contributed by atoms with van der Waals surface area (Å²) in [4.78, 5) is 28.9. The van der Waals surface area contributed by atoms with E-state index in [1.54, 1.807) is 6.07 Å². The number of hydrogen-bond donors (Lipinski definition) is 0. The van der Waals surface area contributed by atoms with Crippen LogP contribution in [0.5, 0.6) is 0 Å². The van der Waals surface area contributed by atoms with Crippen molar-refractivity contribution < 1.29 is 9.53 Å². The summed E-state index contributed by atoms with van der Waals surface area (Å²) in [5, 5.41) is 0. The Bertz CT molecular complexity index is 812. The number of esters is 1. The van der Waals surface area contributed by atoms with Crippen LogP contribution in [-0.4, -0.2) is 21.6 Å². The maximum absolute atomic E-state index is 12.5. The van der Waals surface area contributed by atoms with Gasteiger partial charge in [0.25, 0.3) is 5.56 Å². The SMILES string of the molecule is CC1CCC(C(C)C)C(OC(=O)Cn2c(=O)cnc3ccccc32)C1. The summed E-state index contributed by atoms with van der Waals surface area (Å²) in [6.45, 7) is 6.50. The summed E-state index contributed by atoms with van der Waals surface area (Å²) in [6, 6.07) is 7.33. The molecule has 3 atom stereocenters. The van der Waals surface area contributed by atoms with Crippen LogP contribution in [0.2, 0.25) is 0 Å². The van der Waals surface area contributed by atoms with Crippen LogP contribution in [0.1, 0.15) is 40.0 Å². The van der Waals surface area contributed by atoms with Gasteiger partial charge in [-0.2, -0.15) is 0 Å². The molecule has 25 heavy (non-hydrogen) atoms. The van der Waals surface area contributed by atoms with Gasteiger partial charge in [-0.05, 0) is 42.7 Å². The van der Waals surface area contributed by atoms with Crippen molar-refractivity contribution in [1.29, 1.82) is 0 Å². The molecule has 0 radical (unpaired) electrons. The number of para-hydroxylation sites is 2. The summed E-state index contributed by atoms with van der Waals surface area (Å²) in [5.74, 6) is 1.10. The molecule has 0 bridgehead atoms. The second-order valence-corrected chi connectivity index (χ2v) is 7.53. The molecule has 1 saturated carbocycles. The van der Waals surface area contributed by atoms with E-state index in [0.29, 0.717) is 28.8 Å². The van der Waals surface area contributed by atoms with E-state index >= 15 is 0 Å². The van der Waals surface area contributed by atoms with Crippen LogP contribution in [0, 0.1) is 17.8 Å². The molecule has 1 aliphatic carbocycles. The van der Waals surface area contributed by atoms with Crippen LogP contribution in [0.15, 0.2) is 35.3 Å². The minimum Gasteiger partial charge on any atom is -0.461 e. The van der Waals surface area contributed by atoms with Crippen molar-refractivity contribution in [2.24, 2.45) is 17.8 Å². The van der Waals surface area contributed by atoms with Gasteiger partial charge in [0.1, 0.15) is 12.6 Å². The molecular weight excluding hydrogens is 316 g/mol. The van der Waals surface area contributed by atoms with Crippen LogP contribution in [0.4, 0.5) is 0 Å². The van der Waals surface area contributed by atoms with Crippen LogP contribution < -0.4 is 5.56 Å². The van der Waals surface area contributed by atoms with Gasteiger partial charge in [0.05, 0.1) is 17.2 Å². The highest BCUT2D eigenvalue weighted by Crippen LogP contribution is 2.35. The molecule has 1 fully saturated rings. The number of carbonyl (C=O) groups excluding carboxylic acids is 1. The Kier molecular flexibility index (Phi) is 5.21. The molecule has 5 nitrogen and oxygen atoms in total. The van der Waals surface area contributed by atoms with E-state index in [-0.39, 0.29) is 24.2 Å². The highest BCUT2D eigenvalue weighted by molar-refractivity contribution is 5.77. The van der Waals surface area contributed by atoms with Crippen molar-refractivity contribution in [2.45, 2.75) is 52.7 Å². The van der Waals surface area contributed by atoms with E-state index in [9.17, 15) is 9.59 Å². The number of aromatic nitrogens is 2. The number of benzene rings is 1. The summed E-state index contributed by atoms with van der Waals surface area (Å²) in [6.07, 6.45) is 4.39. The lowest BCUT2D eigenvalue weighted by atomic mass is 9.75. The van der Waals surface area contributed by atoms with E-state index in [2.05, 4.69) is 25.8 Å². The molecule has 0 saturated heterocycles. The first-order chi connectivity index (χ1) is 12.0. The van der Waals surface area contributed by atoms with E-state index < -0.39 is 0 Å². The zero-order chi connectivity index (χ0) is 18.0. The highest BCUT2D eigenvalue weighted by atomic mass is 16.5. The van der Waals surface area contributed by atoms with Crippen LogP contribution in [0.25, 0.3) is 11.0 Å². The predicted octanol–water partition coefficient (Wildman–Crippen LogP) is 3.40. The average Bonchev–Trinajstić information content (AvgIpc) is 2.57. The number of rotatable bonds is 4. The second-order valence-electron chi connectivity index (χ2n) is 7.53. The van der Waals surface area contributed by atoms with Crippen LogP contribution >= 0.6 is 0 Å². The van der Waals surface area contributed by atoms with Crippen molar-refractivity contribution in [3.63, 3.8) is 0 Å². The molecule has 1 aromatic carbocycles. The number of hydrogen-bond acceptors (Lipinski definition) is 4. The van der Waals surface area contributed by atoms with E-state index in [0.717, 1.165) is 12.8 Å². The lowest BCUT2D eigenvalue weighted by molar-refractivity contribution is -0.156. The van der Waals surface area contributed by atoms with Gasteiger partial charge >= 0.3 is 5.97 Å². The molecular formula is C20H26N2O3. The molecule has 3 rings (SSSR count). The Labute approximate surface area is 148 Å². The maximum Gasteiger partial charge on any atom is 0.326 e. The van der Waals surface area contributed by atoms with Crippen molar-refractivity contribution >= 4 is 17.0 Å². The van der Waals surface area contributed by atoms with Crippen molar-refractivity contribution in [2.75, 3.05) is 0 Å². The lowest BCUT2D eigenvalue weighted by Crippen LogP contribution is -2.37. The molecule has 3 unspecified atom stereocenters. The zero-order valence-corrected chi connectivity index (χ0v) is 15.1. The summed E-state index contributed by atoms with van der Waals surface area (Å²) < 4.78 is 7.27. The number of nitrogens with zero attached hydrogens (tertiary/aromatic N) is 2. The average molecular weight is 342 g/mol. The Balaban J connectivity index is 1.78. The molecule has 1 aromatic heterocycles. The van der Waals surface area contributed by atoms with Gasteiger partial charge in [0.15, 0.2) is 0 Å². The van der Waals surface area contributed by atoms with Crippen molar-refractivity contribution in [3.8, 4) is 0 Å². The fraction of sp³-hybridized carbons (Fsp3) is 0.550. The lowest BCUT2D eigenvalue weighted by Gasteiger charge is -2.36. The van der Waals surface area contributed by atoms with Gasteiger partial charge in [-0.3, -0.25) is 14.2 Å². The van der Waals surface area contributed by atoms with Gasteiger partial charge < -0.3 is 4.74 Å². The molecule has 2 aromatic rings. The van der Waals surface area contributed by atoms with Gasteiger partial charge in [0.2, 0.25) is 0 Å². The summed E-state index contributed by atoms with van der Waals surface area (Å²) in [5.41, 5.74) is 1.07. The van der Waals surface area contributed by atoms with Crippen LogP contribution in [0.3, 0.4) is 0 Å². The van der Waals surface area contributed by atoms with Gasteiger partial charge in [-0.25, -0.2) is 4.98 Å². The number of carbonyl (C=O) groups is 1. The first-order valence-electron chi connectivity index (χ1n) is 9.09. The minimum absolute atomic E-state index is 0.0555. The van der Waals surface area contributed by atoms with Crippen molar-refractivity contribution in [1.82, 2.24) is 9.55 Å². The Morgan fingerprint density at radius 3 is 2.84 bits per heavy atom. The Hall–Kier alpha value is -2.17. The molecule has 1 aliphatic rings. The molecule has 0 amide bonds. The first-order valence-corrected chi connectivity index (χ1v) is 9.09. The molecule has 134 valence electrons. The standard InChI is InChI=1S/C20H26N2O3/c1-13(2)15-9-8-14(3)10-18(15)25-20(24)12-22-17-7-5-4-6-16(17)21-11-19(22)23/h4-7,11,13-15,18H,8-10,12H2,1-3H3. The quantitative estimate of drug-likeness (QED) is 0.799. The normalized spacial score (nSPS) is 23.8. The van der Waals surface area contributed by atoms with Gasteiger partial charge in [-0.1, -0.05) is 39.3 Å². The summed E-state index contributed by atoms with van der Waals surface area (Å²) in [7, 11) is 0. The Morgan fingerprint density at radius 2 is 2.08 bits per heavy atom. The zero-order valence-electron chi connectivity index (χ0n) is 15.1. The van der Waals surface area contributed by atoms with Gasteiger partial charge in [0, 0.05) is 0 Å². The van der Waals surface area contributed by atoms with E-state index in [1.807, 2.05) is 18.2 Å². The predicted molar refractivity (Wildman–Crippen MR) is 97.2 cm³/mol. The van der Waals surface area contributed by atoms with Gasteiger partial charge in [-0.15, -0.1) is 0 Å². The third-order valence-corrected chi connectivity index (χ3v) is 5.28. The monoisotopic (exact) mass is 342 g/mol. The molecule has 1 heterocycles. The third-order valence-electron chi connectivity index (χ3n) is 5.28. The number of fused-ring (bicyclic) bond motifs is 1. The van der Waals surface area contributed by atoms with Crippen molar-refractivity contribution in [3.05, 3.63) is 40.8 Å². The minimum atomic E-state index is -0.344. The summed E-state index contributed by atoms with van der Waals surface area (Å²) >= 11 is 0. The van der Waals surface area contributed by atoms with Crippen LogP contribution in [-0.2, 0) is 16.1 Å². The molecule has 0 aliphatic heterocycles. The van der Waals surface area contributed by atoms with E-state index in [4.69, 9.17) is 4.74 Å².